The van der Waals surface area contributed by atoms with Crippen LogP contribution in [0.25, 0.3) is 32.5 Å². The molecular formula is C24H23N3OS. The van der Waals surface area contributed by atoms with Gasteiger partial charge in [-0.3, -0.25) is 0 Å². The van der Waals surface area contributed by atoms with Crippen LogP contribution in [-0.2, 0) is 4.74 Å². The molecule has 4 aromatic rings. The van der Waals surface area contributed by atoms with Crippen molar-refractivity contribution in [2.75, 3.05) is 18.0 Å². The standard InChI is InChI=1S/C24H23N3OS/c1-16-12-27(13-17(2)28-16)23-22-21(14-29-24(22)26-15-25-23)20-10-8-19(9-11-20)18-6-4-3-5-7-18/h3-11,14-17H,12-13H2,1-2H3/t16-,17-/m0/s1. The Morgan fingerprint density at radius 3 is 2.24 bits per heavy atom. The van der Waals surface area contributed by atoms with Gasteiger partial charge in [0.1, 0.15) is 17.0 Å². The second-order valence-corrected chi connectivity index (χ2v) is 8.49. The van der Waals surface area contributed by atoms with Crippen LogP contribution < -0.4 is 4.90 Å². The lowest BCUT2D eigenvalue weighted by molar-refractivity contribution is -0.00537. The van der Waals surface area contributed by atoms with Crippen molar-refractivity contribution >= 4 is 27.4 Å². The molecule has 0 saturated carbocycles. The number of aromatic nitrogens is 2. The highest BCUT2D eigenvalue weighted by atomic mass is 32.1. The van der Waals surface area contributed by atoms with Gasteiger partial charge in [-0.05, 0) is 30.5 Å². The van der Waals surface area contributed by atoms with E-state index < -0.39 is 0 Å². The number of fused-ring (bicyclic) bond motifs is 1. The molecule has 0 bridgehead atoms. The number of hydrogen-bond acceptors (Lipinski definition) is 5. The summed E-state index contributed by atoms with van der Waals surface area (Å²) >= 11 is 1.68. The normalized spacial score (nSPS) is 19.6. The minimum atomic E-state index is 0.191. The predicted molar refractivity (Wildman–Crippen MR) is 121 cm³/mol. The maximum Gasteiger partial charge on any atom is 0.141 e. The molecule has 0 spiro atoms. The molecule has 0 unspecified atom stereocenters. The molecule has 1 saturated heterocycles. The molecule has 2 atom stereocenters. The SMILES string of the molecule is C[C@H]1CN(c2ncnc3scc(-c4ccc(-c5ccccc5)cc4)c23)C[C@H](C)O1. The molecule has 1 aliphatic heterocycles. The van der Waals surface area contributed by atoms with E-state index in [0.29, 0.717) is 0 Å². The summed E-state index contributed by atoms with van der Waals surface area (Å²) in [5.41, 5.74) is 4.85. The first kappa shape index (κ1) is 18.3. The first-order valence-electron chi connectivity index (χ1n) is 9.97. The van der Waals surface area contributed by atoms with Crippen LogP contribution in [0.3, 0.4) is 0 Å². The molecule has 1 fully saturated rings. The Labute approximate surface area is 174 Å². The molecule has 0 radical (unpaired) electrons. The molecule has 5 rings (SSSR count). The Bertz CT molecular complexity index is 1110. The van der Waals surface area contributed by atoms with E-state index in [4.69, 9.17) is 4.74 Å². The Morgan fingerprint density at radius 2 is 1.52 bits per heavy atom. The minimum absolute atomic E-state index is 0.191. The monoisotopic (exact) mass is 401 g/mol. The van der Waals surface area contributed by atoms with Gasteiger partial charge in [0, 0.05) is 24.0 Å². The van der Waals surface area contributed by atoms with E-state index in [1.54, 1.807) is 17.7 Å². The third kappa shape index (κ3) is 3.52. The summed E-state index contributed by atoms with van der Waals surface area (Å²) in [4.78, 5) is 12.6. The zero-order valence-corrected chi connectivity index (χ0v) is 17.4. The van der Waals surface area contributed by atoms with Crippen LogP contribution in [-0.4, -0.2) is 35.3 Å². The number of anilines is 1. The summed E-state index contributed by atoms with van der Waals surface area (Å²) in [5, 5.41) is 3.35. The predicted octanol–water partition coefficient (Wildman–Crippen LogP) is 5.64. The number of rotatable bonds is 3. The molecule has 29 heavy (non-hydrogen) atoms. The fourth-order valence-corrected chi connectivity index (χ4v) is 5.05. The van der Waals surface area contributed by atoms with Gasteiger partial charge in [-0.15, -0.1) is 11.3 Å². The van der Waals surface area contributed by atoms with E-state index in [1.807, 2.05) is 6.07 Å². The van der Waals surface area contributed by atoms with Crippen LogP contribution in [0.5, 0.6) is 0 Å². The fourth-order valence-electron chi connectivity index (χ4n) is 4.14. The summed E-state index contributed by atoms with van der Waals surface area (Å²) in [6.07, 6.45) is 2.06. The second-order valence-electron chi connectivity index (χ2n) is 7.63. The highest BCUT2D eigenvalue weighted by molar-refractivity contribution is 7.17. The smallest absolute Gasteiger partial charge is 0.141 e. The number of thiophene rings is 1. The van der Waals surface area contributed by atoms with Gasteiger partial charge in [0.2, 0.25) is 0 Å². The van der Waals surface area contributed by atoms with E-state index in [1.165, 1.54) is 22.3 Å². The molecule has 0 amide bonds. The molecule has 1 aliphatic rings. The van der Waals surface area contributed by atoms with Crippen LogP contribution in [0.1, 0.15) is 13.8 Å². The van der Waals surface area contributed by atoms with E-state index in [0.717, 1.165) is 29.1 Å². The number of ether oxygens (including phenoxy) is 1. The minimum Gasteiger partial charge on any atom is -0.372 e. The van der Waals surface area contributed by atoms with E-state index >= 15 is 0 Å². The van der Waals surface area contributed by atoms with Crippen molar-refractivity contribution in [3.8, 4) is 22.3 Å². The molecule has 3 heterocycles. The van der Waals surface area contributed by atoms with Crippen molar-refractivity contribution in [3.05, 3.63) is 66.3 Å². The lowest BCUT2D eigenvalue weighted by Gasteiger charge is -2.36. The molecule has 0 N–H and O–H groups in total. The van der Waals surface area contributed by atoms with Crippen molar-refractivity contribution in [1.29, 1.82) is 0 Å². The van der Waals surface area contributed by atoms with Crippen molar-refractivity contribution < 1.29 is 4.74 Å². The van der Waals surface area contributed by atoms with Gasteiger partial charge in [-0.25, -0.2) is 9.97 Å². The van der Waals surface area contributed by atoms with Gasteiger partial charge < -0.3 is 9.64 Å². The van der Waals surface area contributed by atoms with E-state index in [2.05, 4.69) is 82.6 Å². The molecule has 0 aliphatic carbocycles. The lowest BCUT2D eigenvalue weighted by Crippen LogP contribution is -2.45. The van der Waals surface area contributed by atoms with Crippen molar-refractivity contribution in [3.63, 3.8) is 0 Å². The average molecular weight is 402 g/mol. The van der Waals surface area contributed by atoms with Gasteiger partial charge in [-0.1, -0.05) is 54.6 Å². The van der Waals surface area contributed by atoms with E-state index in [-0.39, 0.29) is 12.2 Å². The summed E-state index contributed by atoms with van der Waals surface area (Å²) in [5.74, 6) is 1.01. The third-order valence-corrected chi connectivity index (χ3v) is 6.26. The Kier molecular flexibility index (Phi) is 4.78. The second kappa shape index (κ2) is 7.58. The number of nitrogens with zero attached hydrogens (tertiary/aromatic N) is 3. The van der Waals surface area contributed by atoms with Gasteiger partial charge in [-0.2, -0.15) is 0 Å². The van der Waals surface area contributed by atoms with Crippen LogP contribution in [0.4, 0.5) is 5.82 Å². The first-order chi connectivity index (χ1) is 14.2. The first-order valence-corrected chi connectivity index (χ1v) is 10.9. The molecule has 2 aromatic heterocycles. The van der Waals surface area contributed by atoms with Crippen molar-refractivity contribution in [2.24, 2.45) is 0 Å². The van der Waals surface area contributed by atoms with Crippen LogP contribution in [0.2, 0.25) is 0 Å². The topological polar surface area (TPSA) is 38.2 Å². The fraction of sp³-hybridized carbons (Fsp3) is 0.250. The van der Waals surface area contributed by atoms with E-state index in [9.17, 15) is 0 Å². The number of benzene rings is 2. The highest BCUT2D eigenvalue weighted by Crippen LogP contribution is 2.39. The zero-order chi connectivity index (χ0) is 19.8. The molecular weight excluding hydrogens is 378 g/mol. The van der Waals surface area contributed by atoms with Gasteiger partial charge >= 0.3 is 0 Å². The Morgan fingerprint density at radius 1 is 0.862 bits per heavy atom. The van der Waals surface area contributed by atoms with Crippen molar-refractivity contribution in [2.45, 2.75) is 26.1 Å². The van der Waals surface area contributed by atoms with Crippen LogP contribution >= 0.6 is 11.3 Å². The van der Waals surface area contributed by atoms with Gasteiger partial charge in [0.05, 0.1) is 17.6 Å². The van der Waals surface area contributed by atoms with Gasteiger partial charge in [0.25, 0.3) is 0 Å². The summed E-state index contributed by atoms with van der Waals surface area (Å²) in [7, 11) is 0. The maximum absolute atomic E-state index is 5.92. The largest absolute Gasteiger partial charge is 0.372 e. The summed E-state index contributed by atoms with van der Waals surface area (Å²) < 4.78 is 5.92. The van der Waals surface area contributed by atoms with Crippen molar-refractivity contribution in [1.82, 2.24) is 9.97 Å². The molecule has 5 heteroatoms. The summed E-state index contributed by atoms with van der Waals surface area (Å²) in [6, 6.07) is 19.3. The quantitative estimate of drug-likeness (QED) is 0.445. The average Bonchev–Trinajstić information content (AvgIpc) is 3.18. The molecule has 146 valence electrons. The van der Waals surface area contributed by atoms with Crippen LogP contribution in [0.15, 0.2) is 66.3 Å². The number of morpholine rings is 1. The Balaban J connectivity index is 1.56. The van der Waals surface area contributed by atoms with Crippen LogP contribution in [0, 0.1) is 0 Å². The maximum atomic E-state index is 5.92. The number of hydrogen-bond donors (Lipinski definition) is 0. The molecule has 4 nitrogen and oxygen atoms in total. The lowest BCUT2D eigenvalue weighted by atomic mass is 10.0. The zero-order valence-electron chi connectivity index (χ0n) is 16.6. The van der Waals surface area contributed by atoms with Gasteiger partial charge in [0.15, 0.2) is 0 Å². The summed E-state index contributed by atoms with van der Waals surface area (Å²) in [6.45, 7) is 5.94. The Hall–Kier alpha value is -2.76. The third-order valence-electron chi connectivity index (χ3n) is 5.37. The molecule has 2 aromatic carbocycles. The highest BCUT2D eigenvalue weighted by Gasteiger charge is 2.26.